The van der Waals surface area contributed by atoms with Crippen molar-refractivity contribution in [3.8, 4) is 10.6 Å². The fraction of sp³-hybridized carbons (Fsp3) is 0.167. The number of carbonyl (C=O) groups is 1. The number of thiazole rings is 1. The van der Waals surface area contributed by atoms with Gasteiger partial charge >= 0.3 is 0 Å². The van der Waals surface area contributed by atoms with Gasteiger partial charge in [-0.05, 0) is 56.7 Å². The van der Waals surface area contributed by atoms with Crippen LogP contribution in [0.25, 0.3) is 10.6 Å². The van der Waals surface area contributed by atoms with Gasteiger partial charge in [-0.25, -0.2) is 15.0 Å². The SMILES string of the molecule is Cc1cc(C)nc(Nc2ccc(C(=O)NCc3csc(-c4ccccc4C)n3)cc2)n1. The number of anilines is 2. The number of nitrogens with zero attached hydrogens (tertiary/aromatic N) is 3. The van der Waals surface area contributed by atoms with E-state index in [0.29, 0.717) is 18.1 Å². The van der Waals surface area contributed by atoms with E-state index in [-0.39, 0.29) is 5.91 Å². The molecular formula is C24H23N5OS. The number of hydrogen-bond acceptors (Lipinski definition) is 6. The van der Waals surface area contributed by atoms with Gasteiger partial charge in [0.2, 0.25) is 5.95 Å². The fourth-order valence-electron chi connectivity index (χ4n) is 3.21. The van der Waals surface area contributed by atoms with Crippen LogP contribution in [0.3, 0.4) is 0 Å². The maximum Gasteiger partial charge on any atom is 0.251 e. The second-order valence-electron chi connectivity index (χ2n) is 7.32. The van der Waals surface area contributed by atoms with Crippen LogP contribution in [0.5, 0.6) is 0 Å². The van der Waals surface area contributed by atoms with Gasteiger partial charge in [0.25, 0.3) is 5.91 Å². The molecule has 4 rings (SSSR count). The number of carbonyl (C=O) groups excluding carboxylic acids is 1. The number of benzene rings is 2. The second-order valence-corrected chi connectivity index (χ2v) is 8.18. The Labute approximate surface area is 185 Å². The molecule has 4 aromatic rings. The molecule has 0 spiro atoms. The van der Waals surface area contributed by atoms with Crippen molar-refractivity contribution in [2.75, 3.05) is 5.32 Å². The molecular weight excluding hydrogens is 406 g/mol. The Balaban J connectivity index is 1.36. The monoisotopic (exact) mass is 429 g/mol. The van der Waals surface area contributed by atoms with Gasteiger partial charge in [0, 0.05) is 33.6 Å². The highest BCUT2D eigenvalue weighted by molar-refractivity contribution is 7.13. The number of aromatic nitrogens is 3. The molecule has 0 fully saturated rings. The molecule has 2 aromatic heterocycles. The second kappa shape index (κ2) is 9.06. The van der Waals surface area contributed by atoms with E-state index in [1.807, 2.05) is 49.6 Å². The Morgan fingerprint density at radius 2 is 1.65 bits per heavy atom. The van der Waals surface area contributed by atoms with E-state index in [2.05, 4.69) is 44.6 Å². The lowest BCUT2D eigenvalue weighted by Gasteiger charge is -2.08. The number of aryl methyl sites for hydroxylation is 3. The summed E-state index contributed by atoms with van der Waals surface area (Å²) in [5.41, 5.74) is 6.37. The van der Waals surface area contributed by atoms with E-state index in [1.165, 1.54) is 5.56 Å². The van der Waals surface area contributed by atoms with Crippen molar-refractivity contribution in [2.24, 2.45) is 0 Å². The van der Waals surface area contributed by atoms with Gasteiger partial charge < -0.3 is 10.6 Å². The quantitative estimate of drug-likeness (QED) is 0.440. The summed E-state index contributed by atoms with van der Waals surface area (Å²) in [4.78, 5) is 25.9. The zero-order valence-corrected chi connectivity index (χ0v) is 18.5. The number of nitrogens with one attached hydrogen (secondary N) is 2. The van der Waals surface area contributed by atoms with Crippen molar-refractivity contribution in [1.82, 2.24) is 20.3 Å². The van der Waals surface area contributed by atoms with Gasteiger partial charge in [-0.15, -0.1) is 11.3 Å². The first-order valence-electron chi connectivity index (χ1n) is 9.96. The maximum absolute atomic E-state index is 12.5. The number of hydrogen-bond donors (Lipinski definition) is 2. The minimum Gasteiger partial charge on any atom is -0.346 e. The van der Waals surface area contributed by atoms with E-state index >= 15 is 0 Å². The van der Waals surface area contributed by atoms with Gasteiger partial charge in [0.1, 0.15) is 5.01 Å². The standard InChI is InChI=1S/C24H23N5OS/c1-15-6-4-5-7-21(15)23-28-20(14-31-23)13-25-22(30)18-8-10-19(11-9-18)29-24-26-16(2)12-17(3)27-24/h4-12,14H,13H2,1-3H3,(H,25,30)(H,26,27,29). The largest absolute Gasteiger partial charge is 0.346 e. The molecule has 0 aliphatic rings. The summed E-state index contributed by atoms with van der Waals surface area (Å²) in [7, 11) is 0. The van der Waals surface area contributed by atoms with Crippen LogP contribution in [-0.2, 0) is 6.54 Å². The first-order chi connectivity index (χ1) is 15.0. The van der Waals surface area contributed by atoms with Crippen LogP contribution in [0.2, 0.25) is 0 Å². The van der Waals surface area contributed by atoms with Crippen LogP contribution in [-0.4, -0.2) is 20.9 Å². The summed E-state index contributed by atoms with van der Waals surface area (Å²) in [5.74, 6) is 0.405. The summed E-state index contributed by atoms with van der Waals surface area (Å²) in [6.07, 6.45) is 0. The van der Waals surface area contributed by atoms with Crippen molar-refractivity contribution in [3.63, 3.8) is 0 Å². The molecule has 0 saturated carbocycles. The summed E-state index contributed by atoms with van der Waals surface area (Å²) >= 11 is 1.59. The predicted molar refractivity (Wildman–Crippen MR) is 125 cm³/mol. The molecule has 2 N–H and O–H groups in total. The van der Waals surface area contributed by atoms with Crippen LogP contribution in [0.15, 0.2) is 60.0 Å². The average molecular weight is 430 g/mol. The van der Waals surface area contributed by atoms with Crippen LogP contribution in [0.1, 0.15) is 33.0 Å². The molecule has 0 aliphatic carbocycles. The number of rotatable bonds is 6. The average Bonchev–Trinajstić information content (AvgIpc) is 3.21. The summed E-state index contributed by atoms with van der Waals surface area (Å²) < 4.78 is 0. The highest BCUT2D eigenvalue weighted by atomic mass is 32.1. The molecule has 0 atom stereocenters. The zero-order chi connectivity index (χ0) is 21.8. The predicted octanol–water partition coefficient (Wildman–Crippen LogP) is 5.20. The van der Waals surface area contributed by atoms with Crippen LogP contribution in [0.4, 0.5) is 11.6 Å². The van der Waals surface area contributed by atoms with Gasteiger partial charge in [-0.2, -0.15) is 0 Å². The van der Waals surface area contributed by atoms with Crippen LogP contribution in [0, 0.1) is 20.8 Å². The van der Waals surface area contributed by atoms with Gasteiger partial charge in [0.15, 0.2) is 0 Å². The maximum atomic E-state index is 12.5. The van der Waals surface area contributed by atoms with E-state index in [0.717, 1.165) is 33.3 Å². The lowest BCUT2D eigenvalue weighted by atomic mass is 10.1. The van der Waals surface area contributed by atoms with Crippen molar-refractivity contribution in [1.29, 1.82) is 0 Å². The Hall–Kier alpha value is -3.58. The minimum absolute atomic E-state index is 0.139. The third-order valence-electron chi connectivity index (χ3n) is 4.74. The highest BCUT2D eigenvalue weighted by Gasteiger charge is 2.10. The molecule has 0 bridgehead atoms. The molecule has 0 radical (unpaired) electrons. The Bertz CT molecular complexity index is 1200. The number of amides is 1. The van der Waals surface area contributed by atoms with Gasteiger partial charge in [-0.1, -0.05) is 24.3 Å². The third kappa shape index (κ3) is 5.13. The van der Waals surface area contributed by atoms with Crippen molar-refractivity contribution >= 4 is 28.9 Å². The Kier molecular flexibility index (Phi) is 6.04. The van der Waals surface area contributed by atoms with E-state index in [4.69, 9.17) is 0 Å². The lowest BCUT2D eigenvalue weighted by molar-refractivity contribution is 0.0950. The molecule has 0 aliphatic heterocycles. The normalized spacial score (nSPS) is 10.7. The molecule has 7 heteroatoms. The molecule has 0 unspecified atom stereocenters. The zero-order valence-electron chi connectivity index (χ0n) is 17.6. The highest BCUT2D eigenvalue weighted by Crippen LogP contribution is 2.26. The molecule has 31 heavy (non-hydrogen) atoms. The molecule has 2 heterocycles. The summed E-state index contributed by atoms with van der Waals surface area (Å²) in [6, 6.07) is 17.3. The van der Waals surface area contributed by atoms with Crippen molar-refractivity contribution in [2.45, 2.75) is 27.3 Å². The summed E-state index contributed by atoms with van der Waals surface area (Å²) in [5, 5.41) is 9.06. The fourth-order valence-corrected chi connectivity index (χ4v) is 4.12. The molecule has 6 nitrogen and oxygen atoms in total. The van der Waals surface area contributed by atoms with E-state index < -0.39 is 0 Å². The minimum atomic E-state index is -0.139. The van der Waals surface area contributed by atoms with E-state index in [1.54, 1.807) is 23.5 Å². The van der Waals surface area contributed by atoms with Crippen molar-refractivity contribution < 1.29 is 4.79 Å². The van der Waals surface area contributed by atoms with Crippen molar-refractivity contribution in [3.05, 3.63) is 88.2 Å². The third-order valence-corrected chi connectivity index (χ3v) is 5.67. The molecule has 0 saturated heterocycles. The van der Waals surface area contributed by atoms with Gasteiger partial charge in [0.05, 0.1) is 12.2 Å². The first kappa shape index (κ1) is 20.7. The molecule has 156 valence electrons. The Morgan fingerprint density at radius 3 is 2.35 bits per heavy atom. The summed E-state index contributed by atoms with van der Waals surface area (Å²) in [6.45, 7) is 6.32. The Morgan fingerprint density at radius 1 is 0.935 bits per heavy atom. The van der Waals surface area contributed by atoms with Gasteiger partial charge in [-0.3, -0.25) is 4.79 Å². The molecule has 2 aromatic carbocycles. The van der Waals surface area contributed by atoms with Crippen LogP contribution >= 0.6 is 11.3 Å². The molecule has 1 amide bonds. The van der Waals surface area contributed by atoms with Crippen LogP contribution < -0.4 is 10.6 Å². The topological polar surface area (TPSA) is 79.8 Å². The lowest BCUT2D eigenvalue weighted by Crippen LogP contribution is -2.22. The first-order valence-corrected chi connectivity index (χ1v) is 10.8. The smallest absolute Gasteiger partial charge is 0.251 e. The van der Waals surface area contributed by atoms with E-state index in [9.17, 15) is 4.79 Å².